The lowest BCUT2D eigenvalue weighted by Crippen LogP contribution is -2.41. The quantitative estimate of drug-likeness (QED) is 0.865. The summed E-state index contributed by atoms with van der Waals surface area (Å²) in [5, 5.41) is 2.85. The zero-order chi connectivity index (χ0) is 16.5. The lowest BCUT2D eigenvalue weighted by Gasteiger charge is -2.24. The number of urea groups is 1. The van der Waals surface area contributed by atoms with Crippen molar-refractivity contribution in [3.63, 3.8) is 0 Å². The second-order valence-electron chi connectivity index (χ2n) is 7.19. The number of nitrogens with zero attached hydrogens (tertiary/aromatic N) is 1. The van der Waals surface area contributed by atoms with E-state index in [9.17, 15) is 9.59 Å². The van der Waals surface area contributed by atoms with Gasteiger partial charge in [-0.25, -0.2) is 4.79 Å². The average molecular weight is 302 g/mol. The summed E-state index contributed by atoms with van der Waals surface area (Å²) in [5.41, 5.74) is 1.15. The summed E-state index contributed by atoms with van der Waals surface area (Å²) in [6.07, 6.45) is 1.78. The van der Waals surface area contributed by atoms with Crippen LogP contribution in [0.15, 0.2) is 24.3 Å². The van der Waals surface area contributed by atoms with Gasteiger partial charge >= 0.3 is 6.03 Å². The van der Waals surface area contributed by atoms with Crippen molar-refractivity contribution in [2.75, 3.05) is 6.54 Å². The topological polar surface area (TPSA) is 49.4 Å². The summed E-state index contributed by atoms with van der Waals surface area (Å²) in [6, 6.07) is 7.68. The third-order valence-corrected chi connectivity index (χ3v) is 4.34. The molecule has 1 N–H and O–H groups in total. The highest BCUT2D eigenvalue weighted by atomic mass is 16.2. The first kappa shape index (κ1) is 16.5. The maximum atomic E-state index is 12.7. The number of amides is 3. The van der Waals surface area contributed by atoms with Crippen LogP contribution in [0.1, 0.15) is 58.6 Å². The average Bonchev–Trinajstić information content (AvgIpc) is 2.67. The molecule has 4 nitrogen and oxygen atoms in total. The third-order valence-electron chi connectivity index (χ3n) is 4.34. The first-order valence-corrected chi connectivity index (χ1v) is 7.95. The third kappa shape index (κ3) is 2.87. The lowest BCUT2D eigenvalue weighted by atomic mass is 9.84. The van der Waals surface area contributed by atoms with Gasteiger partial charge in [0.15, 0.2) is 0 Å². The molecule has 22 heavy (non-hydrogen) atoms. The highest BCUT2D eigenvalue weighted by Gasteiger charge is 2.48. The van der Waals surface area contributed by atoms with E-state index in [4.69, 9.17) is 0 Å². The van der Waals surface area contributed by atoms with Crippen LogP contribution in [0.25, 0.3) is 0 Å². The van der Waals surface area contributed by atoms with E-state index in [2.05, 4.69) is 26.1 Å². The Balaban J connectivity index is 2.28. The molecule has 4 heteroatoms. The van der Waals surface area contributed by atoms with Gasteiger partial charge in [-0.15, -0.1) is 0 Å². The van der Waals surface area contributed by atoms with E-state index in [1.54, 1.807) is 6.92 Å². The largest absolute Gasteiger partial charge is 0.325 e. The van der Waals surface area contributed by atoms with Crippen molar-refractivity contribution in [3.8, 4) is 0 Å². The molecule has 1 unspecified atom stereocenters. The molecule has 2 rings (SSSR count). The fraction of sp³-hybridized carbons (Fsp3) is 0.556. The van der Waals surface area contributed by atoms with Gasteiger partial charge in [-0.1, -0.05) is 58.4 Å². The van der Waals surface area contributed by atoms with Gasteiger partial charge in [0.2, 0.25) is 0 Å². The number of benzene rings is 1. The van der Waals surface area contributed by atoms with E-state index in [0.29, 0.717) is 6.54 Å². The van der Waals surface area contributed by atoms with Crippen LogP contribution < -0.4 is 5.32 Å². The summed E-state index contributed by atoms with van der Waals surface area (Å²) < 4.78 is 0. The molecule has 0 saturated carbocycles. The van der Waals surface area contributed by atoms with Gasteiger partial charge in [0, 0.05) is 6.54 Å². The molecule has 3 amide bonds. The zero-order valence-electron chi connectivity index (χ0n) is 14.2. The van der Waals surface area contributed by atoms with E-state index in [0.717, 1.165) is 18.4 Å². The van der Waals surface area contributed by atoms with Crippen molar-refractivity contribution in [1.29, 1.82) is 0 Å². The molecule has 1 aliphatic heterocycles. The molecule has 1 aromatic rings. The molecular formula is C18H26N2O2. The molecular weight excluding hydrogens is 276 g/mol. The first-order chi connectivity index (χ1) is 10.2. The van der Waals surface area contributed by atoms with Crippen molar-refractivity contribution >= 4 is 11.9 Å². The van der Waals surface area contributed by atoms with Crippen LogP contribution in [0.3, 0.4) is 0 Å². The van der Waals surface area contributed by atoms with E-state index in [1.165, 1.54) is 10.5 Å². The van der Waals surface area contributed by atoms with Gasteiger partial charge in [-0.2, -0.15) is 0 Å². The molecule has 1 saturated heterocycles. The summed E-state index contributed by atoms with van der Waals surface area (Å²) >= 11 is 0. The van der Waals surface area contributed by atoms with Crippen LogP contribution in [-0.4, -0.2) is 23.4 Å². The molecule has 1 fully saturated rings. The van der Waals surface area contributed by atoms with Gasteiger partial charge in [-0.05, 0) is 29.9 Å². The van der Waals surface area contributed by atoms with Crippen LogP contribution in [0.2, 0.25) is 0 Å². The minimum atomic E-state index is -0.957. The van der Waals surface area contributed by atoms with Crippen molar-refractivity contribution in [3.05, 3.63) is 35.4 Å². The molecule has 120 valence electrons. The minimum Gasteiger partial charge on any atom is -0.319 e. The molecule has 1 aromatic carbocycles. The Bertz CT molecular complexity index is 572. The number of rotatable bonds is 4. The van der Waals surface area contributed by atoms with Gasteiger partial charge in [-0.3, -0.25) is 9.69 Å². The number of imide groups is 1. The lowest BCUT2D eigenvalue weighted by molar-refractivity contribution is -0.131. The Morgan fingerprint density at radius 3 is 2.23 bits per heavy atom. The maximum absolute atomic E-state index is 12.7. The molecule has 1 heterocycles. The van der Waals surface area contributed by atoms with Crippen molar-refractivity contribution in [2.24, 2.45) is 0 Å². The van der Waals surface area contributed by atoms with Crippen molar-refractivity contribution < 1.29 is 9.59 Å². The number of carbonyl (C=O) groups excluding carboxylic acids is 2. The second kappa shape index (κ2) is 5.75. The summed E-state index contributed by atoms with van der Waals surface area (Å²) in [7, 11) is 0. The summed E-state index contributed by atoms with van der Waals surface area (Å²) in [4.78, 5) is 26.1. The molecule has 0 aliphatic carbocycles. The summed E-state index contributed by atoms with van der Waals surface area (Å²) in [5.74, 6) is -0.158. The highest BCUT2D eigenvalue weighted by molar-refractivity contribution is 6.07. The molecule has 0 radical (unpaired) electrons. The van der Waals surface area contributed by atoms with Crippen LogP contribution in [0.5, 0.6) is 0 Å². The first-order valence-electron chi connectivity index (χ1n) is 7.95. The van der Waals surface area contributed by atoms with Crippen LogP contribution in [-0.2, 0) is 15.7 Å². The number of hydrogen-bond donors (Lipinski definition) is 1. The summed E-state index contributed by atoms with van der Waals surface area (Å²) in [6.45, 7) is 10.8. The Hall–Kier alpha value is -1.84. The smallest absolute Gasteiger partial charge is 0.319 e. The molecule has 1 atom stereocenters. The molecule has 0 spiro atoms. The SMILES string of the molecule is CCCCN1C(=O)NC(C)(c2ccc(C(C)(C)C)cc2)C1=O. The monoisotopic (exact) mass is 302 g/mol. The standard InChI is InChI=1S/C18H26N2O2/c1-6-7-12-20-15(21)18(5,19-16(20)22)14-10-8-13(9-11-14)17(2,3)4/h8-11H,6-7,12H2,1-5H3,(H,19,22). The fourth-order valence-electron chi connectivity index (χ4n) is 2.72. The molecule has 1 aliphatic rings. The van der Waals surface area contributed by atoms with Gasteiger partial charge < -0.3 is 5.32 Å². The Morgan fingerprint density at radius 2 is 1.73 bits per heavy atom. The van der Waals surface area contributed by atoms with Gasteiger partial charge in [0.05, 0.1) is 0 Å². The highest BCUT2D eigenvalue weighted by Crippen LogP contribution is 2.31. The van der Waals surface area contributed by atoms with E-state index in [1.807, 2.05) is 31.2 Å². The van der Waals surface area contributed by atoms with Crippen LogP contribution in [0.4, 0.5) is 4.79 Å². The van der Waals surface area contributed by atoms with Crippen molar-refractivity contribution in [2.45, 2.75) is 58.4 Å². The van der Waals surface area contributed by atoms with Gasteiger partial charge in [0.1, 0.15) is 5.54 Å². The predicted molar refractivity (Wildman–Crippen MR) is 87.6 cm³/mol. The Kier molecular flexibility index (Phi) is 4.32. The number of carbonyl (C=O) groups is 2. The zero-order valence-corrected chi connectivity index (χ0v) is 14.2. The number of nitrogens with one attached hydrogen (secondary N) is 1. The number of hydrogen-bond acceptors (Lipinski definition) is 2. The Morgan fingerprint density at radius 1 is 1.14 bits per heavy atom. The van der Waals surface area contributed by atoms with Crippen molar-refractivity contribution in [1.82, 2.24) is 10.2 Å². The number of unbranched alkanes of at least 4 members (excludes halogenated alkanes) is 1. The normalized spacial score (nSPS) is 22.1. The van der Waals surface area contributed by atoms with E-state index >= 15 is 0 Å². The van der Waals surface area contributed by atoms with E-state index in [-0.39, 0.29) is 17.4 Å². The Labute approximate surface area is 132 Å². The van der Waals surface area contributed by atoms with Crippen LogP contribution >= 0.6 is 0 Å². The van der Waals surface area contributed by atoms with E-state index < -0.39 is 5.54 Å². The predicted octanol–water partition coefficient (Wildman–Crippen LogP) is 3.55. The molecule has 0 aromatic heterocycles. The van der Waals surface area contributed by atoms with Gasteiger partial charge in [0.25, 0.3) is 5.91 Å². The molecule has 0 bridgehead atoms. The second-order valence-corrected chi connectivity index (χ2v) is 7.19. The fourth-order valence-corrected chi connectivity index (χ4v) is 2.72. The minimum absolute atomic E-state index is 0.0650. The van der Waals surface area contributed by atoms with Crippen LogP contribution in [0, 0.1) is 0 Å². The maximum Gasteiger partial charge on any atom is 0.325 e.